The zero-order chi connectivity index (χ0) is 17.4. The molecule has 4 heterocycles. The number of rotatable bonds is 4. The number of nitrogens with zero attached hydrogens (tertiary/aromatic N) is 3. The van der Waals surface area contributed by atoms with Crippen molar-refractivity contribution in [2.45, 2.75) is 12.5 Å². The molecule has 2 atom stereocenters. The molecule has 0 radical (unpaired) electrons. The summed E-state index contributed by atoms with van der Waals surface area (Å²) in [5, 5.41) is 3.09. The number of carbonyl (C=O) groups is 2. The first-order valence-corrected chi connectivity index (χ1v) is 9.69. The first-order chi connectivity index (χ1) is 12.1. The highest BCUT2D eigenvalue weighted by atomic mass is 79.9. The molecule has 0 saturated carbocycles. The Kier molecular flexibility index (Phi) is 4.80. The quantitative estimate of drug-likeness (QED) is 0.807. The summed E-state index contributed by atoms with van der Waals surface area (Å²) in [6.45, 7) is 6.65. The van der Waals surface area contributed by atoms with Crippen LogP contribution in [0.15, 0.2) is 28.7 Å². The van der Waals surface area contributed by atoms with Crippen LogP contribution in [-0.2, 0) is 9.59 Å². The highest BCUT2D eigenvalue weighted by molar-refractivity contribution is 9.10. The zero-order valence-electron chi connectivity index (χ0n) is 14.2. The molecule has 2 bridgehead atoms. The summed E-state index contributed by atoms with van der Waals surface area (Å²) in [7, 11) is 0. The summed E-state index contributed by atoms with van der Waals surface area (Å²) in [6.07, 6.45) is 0.291. The van der Waals surface area contributed by atoms with Gasteiger partial charge in [0.25, 0.3) is 0 Å². The normalized spacial score (nSPS) is 31.4. The molecule has 0 aliphatic carbocycles. The highest BCUT2D eigenvalue weighted by Crippen LogP contribution is 2.27. The van der Waals surface area contributed by atoms with E-state index < -0.39 is 0 Å². The molecule has 4 fully saturated rings. The predicted molar refractivity (Wildman–Crippen MR) is 99.4 cm³/mol. The lowest BCUT2D eigenvalue weighted by Gasteiger charge is -2.47. The van der Waals surface area contributed by atoms with Gasteiger partial charge in [-0.2, -0.15) is 0 Å². The Bertz CT molecular complexity index is 675. The fourth-order valence-electron chi connectivity index (χ4n) is 4.06. The maximum absolute atomic E-state index is 12.6. The van der Waals surface area contributed by atoms with Crippen LogP contribution in [0.3, 0.4) is 0 Å². The third-order valence-electron chi connectivity index (χ3n) is 5.52. The molecule has 134 valence electrons. The van der Waals surface area contributed by atoms with E-state index in [2.05, 4.69) is 31.0 Å². The van der Waals surface area contributed by atoms with Crippen molar-refractivity contribution in [1.82, 2.24) is 15.1 Å². The summed E-state index contributed by atoms with van der Waals surface area (Å²) in [6, 6.07) is 8.06. The van der Waals surface area contributed by atoms with E-state index >= 15 is 0 Å². The second-order valence-electron chi connectivity index (χ2n) is 7.12. The maximum Gasteiger partial charge on any atom is 0.227 e. The van der Waals surface area contributed by atoms with E-state index in [1.54, 1.807) is 4.90 Å². The summed E-state index contributed by atoms with van der Waals surface area (Å²) in [5.41, 5.74) is 0.846. The lowest BCUT2D eigenvalue weighted by Crippen LogP contribution is -2.63. The topological polar surface area (TPSA) is 55.9 Å². The van der Waals surface area contributed by atoms with Gasteiger partial charge in [0, 0.05) is 68.4 Å². The minimum Gasteiger partial charge on any atom is -0.354 e. The van der Waals surface area contributed by atoms with E-state index in [9.17, 15) is 9.59 Å². The number of amides is 2. The van der Waals surface area contributed by atoms with Gasteiger partial charge in [-0.1, -0.05) is 22.0 Å². The molecule has 6 nitrogen and oxygen atoms in total. The van der Waals surface area contributed by atoms with Crippen molar-refractivity contribution in [2.75, 3.05) is 50.7 Å². The molecule has 1 aromatic rings. The molecule has 4 aliphatic heterocycles. The lowest BCUT2D eigenvalue weighted by molar-refractivity contribution is -0.126. The Labute approximate surface area is 156 Å². The van der Waals surface area contributed by atoms with E-state index in [4.69, 9.17) is 0 Å². The Morgan fingerprint density at radius 3 is 2.68 bits per heavy atom. The van der Waals surface area contributed by atoms with Gasteiger partial charge in [-0.25, -0.2) is 0 Å². The third-order valence-corrected chi connectivity index (χ3v) is 6.01. The molecular formula is C18H23BrN4O2. The van der Waals surface area contributed by atoms with Crippen molar-refractivity contribution in [2.24, 2.45) is 5.92 Å². The number of hydrogen-bond acceptors (Lipinski definition) is 4. The number of hydrogen-bond donors (Lipinski definition) is 1. The number of anilines is 1. The molecule has 2 amide bonds. The second kappa shape index (κ2) is 7.05. The Morgan fingerprint density at radius 2 is 2.00 bits per heavy atom. The molecule has 1 N–H and O–H groups in total. The molecule has 25 heavy (non-hydrogen) atoms. The standard InChI is InChI=1S/C18H23BrN4O2/c19-14-2-1-3-15(9-14)23-11-13(8-17(23)24)18(25)20-10-16-12-21-4-6-22(16)7-5-21/h1-3,9,13,16H,4-8,10-12H2,(H,20,25). The molecule has 2 unspecified atom stereocenters. The van der Waals surface area contributed by atoms with Gasteiger partial charge in [-0.3, -0.25) is 19.4 Å². The number of nitrogens with one attached hydrogen (secondary N) is 1. The van der Waals surface area contributed by atoms with E-state index in [0.29, 0.717) is 25.6 Å². The first kappa shape index (κ1) is 17.0. The van der Waals surface area contributed by atoms with E-state index in [1.165, 1.54) is 0 Å². The largest absolute Gasteiger partial charge is 0.354 e. The van der Waals surface area contributed by atoms with Gasteiger partial charge in [0.1, 0.15) is 0 Å². The minimum absolute atomic E-state index is 0.00323. The number of halogens is 1. The lowest BCUT2D eigenvalue weighted by atomic mass is 10.1. The van der Waals surface area contributed by atoms with Crippen molar-refractivity contribution >= 4 is 33.4 Å². The van der Waals surface area contributed by atoms with Crippen LogP contribution in [0.25, 0.3) is 0 Å². The van der Waals surface area contributed by atoms with Gasteiger partial charge in [-0.15, -0.1) is 0 Å². The Morgan fingerprint density at radius 1 is 1.20 bits per heavy atom. The summed E-state index contributed by atoms with van der Waals surface area (Å²) in [5.74, 6) is -0.240. The van der Waals surface area contributed by atoms with Crippen LogP contribution in [0.2, 0.25) is 0 Å². The second-order valence-corrected chi connectivity index (χ2v) is 8.04. The first-order valence-electron chi connectivity index (χ1n) is 8.90. The fraction of sp³-hybridized carbons (Fsp3) is 0.556. The summed E-state index contributed by atoms with van der Waals surface area (Å²) >= 11 is 3.43. The van der Waals surface area contributed by atoms with Crippen molar-refractivity contribution < 1.29 is 9.59 Å². The van der Waals surface area contributed by atoms with Gasteiger partial charge in [0.05, 0.1) is 5.92 Å². The van der Waals surface area contributed by atoms with Gasteiger partial charge >= 0.3 is 0 Å². The Hall–Kier alpha value is -1.44. The molecule has 1 aromatic carbocycles. The van der Waals surface area contributed by atoms with Gasteiger partial charge in [0.2, 0.25) is 11.8 Å². The average molecular weight is 407 g/mol. The number of benzene rings is 1. The monoisotopic (exact) mass is 406 g/mol. The van der Waals surface area contributed by atoms with Gasteiger partial charge in [0.15, 0.2) is 0 Å². The third kappa shape index (κ3) is 3.59. The summed E-state index contributed by atoms with van der Waals surface area (Å²) < 4.78 is 0.933. The van der Waals surface area contributed by atoms with E-state index in [1.807, 2.05) is 24.3 Å². The van der Waals surface area contributed by atoms with E-state index in [0.717, 1.165) is 42.9 Å². The highest BCUT2D eigenvalue weighted by Gasteiger charge is 2.36. The van der Waals surface area contributed by atoms with Crippen LogP contribution in [0, 0.1) is 5.92 Å². The van der Waals surface area contributed by atoms with Crippen LogP contribution < -0.4 is 10.2 Å². The van der Waals surface area contributed by atoms with Crippen LogP contribution in [0.4, 0.5) is 5.69 Å². The molecule has 5 rings (SSSR count). The summed E-state index contributed by atoms with van der Waals surface area (Å²) in [4.78, 5) is 31.5. The van der Waals surface area contributed by atoms with E-state index in [-0.39, 0.29) is 17.7 Å². The zero-order valence-corrected chi connectivity index (χ0v) is 15.7. The smallest absolute Gasteiger partial charge is 0.227 e. The van der Waals surface area contributed by atoms with Crippen molar-refractivity contribution in [3.05, 3.63) is 28.7 Å². The molecular weight excluding hydrogens is 384 g/mol. The maximum atomic E-state index is 12.6. The van der Waals surface area contributed by atoms with Gasteiger partial charge in [-0.05, 0) is 18.2 Å². The van der Waals surface area contributed by atoms with Crippen LogP contribution in [0.1, 0.15) is 6.42 Å². The molecule has 0 aromatic heterocycles. The van der Waals surface area contributed by atoms with Crippen LogP contribution in [0.5, 0.6) is 0 Å². The minimum atomic E-state index is -0.262. The molecule has 4 aliphatic rings. The average Bonchev–Trinajstić information content (AvgIpc) is 3.02. The predicted octanol–water partition coefficient (Wildman–Crippen LogP) is 0.918. The number of piperazine rings is 3. The molecule has 0 spiro atoms. The van der Waals surface area contributed by atoms with Crippen molar-refractivity contribution in [1.29, 1.82) is 0 Å². The van der Waals surface area contributed by atoms with Crippen molar-refractivity contribution in [3.8, 4) is 0 Å². The SMILES string of the molecule is O=C(NCC1CN2CCN1CC2)C1CC(=O)N(c2cccc(Br)c2)C1. The fourth-order valence-corrected chi connectivity index (χ4v) is 4.44. The van der Waals surface area contributed by atoms with Gasteiger partial charge < -0.3 is 10.2 Å². The van der Waals surface area contributed by atoms with Crippen LogP contribution in [-0.4, -0.2) is 73.5 Å². The molecule has 7 heteroatoms. The molecule has 4 saturated heterocycles. The van der Waals surface area contributed by atoms with Crippen molar-refractivity contribution in [3.63, 3.8) is 0 Å². The Balaban J connectivity index is 1.33. The number of carbonyl (C=O) groups excluding carboxylic acids is 2. The van der Waals surface area contributed by atoms with Crippen LogP contribution >= 0.6 is 15.9 Å². The number of fused-ring (bicyclic) bond motifs is 3.